The van der Waals surface area contributed by atoms with Gasteiger partial charge in [0.05, 0.1) is 38.7 Å². The summed E-state index contributed by atoms with van der Waals surface area (Å²) in [6.07, 6.45) is 6.74. The second-order valence-electron chi connectivity index (χ2n) is 8.27. The van der Waals surface area contributed by atoms with E-state index < -0.39 is 0 Å². The minimum Gasteiger partial charge on any atom is -0.493 e. The molecular weight excluding hydrogens is 435 g/mol. The molecule has 3 aromatic rings. The van der Waals surface area contributed by atoms with Crippen LogP contribution in [0.15, 0.2) is 60.9 Å². The summed E-state index contributed by atoms with van der Waals surface area (Å²) in [5, 5.41) is 7.47. The van der Waals surface area contributed by atoms with Crippen molar-refractivity contribution in [3.8, 4) is 17.2 Å². The number of hydrogen-bond donors (Lipinski definition) is 1. The van der Waals surface area contributed by atoms with E-state index in [1.165, 1.54) is 17.7 Å². The number of nitrogens with zero attached hydrogens (tertiary/aromatic N) is 3. The monoisotopic (exact) mass is 464 g/mol. The number of rotatable bonds is 8. The second-order valence-corrected chi connectivity index (χ2v) is 8.27. The van der Waals surface area contributed by atoms with Crippen LogP contribution in [0.2, 0.25) is 0 Å². The van der Waals surface area contributed by atoms with Crippen LogP contribution in [0, 0.1) is 5.82 Å². The average Bonchev–Trinajstić information content (AvgIpc) is 3.34. The maximum absolute atomic E-state index is 13.2. The van der Waals surface area contributed by atoms with E-state index in [4.69, 9.17) is 9.47 Å². The molecule has 0 aliphatic carbocycles. The topological polar surface area (TPSA) is 68.6 Å². The Labute approximate surface area is 198 Å². The number of hydrogen-bond acceptors (Lipinski definition) is 5. The molecular formula is C26H29FN4O3. The maximum Gasteiger partial charge on any atom is 0.234 e. The number of halogens is 1. The Morgan fingerprint density at radius 2 is 1.91 bits per heavy atom. The first kappa shape index (κ1) is 23.5. The second kappa shape index (κ2) is 10.5. The fraction of sp³-hybridized carbons (Fsp3) is 0.308. The minimum absolute atomic E-state index is 0.0248. The zero-order valence-corrected chi connectivity index (χ0v) is 19.6. The molecule has 1 atom stereocenters. The fourth-order valence-electron chi connectivity index (χ4n) is 4.04. The molecule has 1 N–H and O–H groups in total. The first-order valence-electron chi connectivity index (χ1n) is 11.2. The van der Waals surface area contributed by atoms with Crippen LogP contribution in [0.5, 0.6) is 11.5 Å². The number of ether oxygens (including phenoxy) is 2. The molecule has 1 aliphatic rings. The molecule has 1 unspecified atom stereocenters. The predicted octanol–water partition coefficient (Wildman–Crippen LogP) is 4.00. The first-order chi connectivity index (χ1) is 16.5. The number of benzene rings is 2. The van der Waals surface area contributed by atoms with Crippen molar-refractivity contribution in [2.45, 2.75) is 19.4 Å². The third kappa shape index (κ3) is 5.46. The predicted molar refractivity (Wildman–Crippen MR) is 129 cm³/mol. The van der Waals surface area contributed by atoms with Crippen molar-refractivity contribution >= 4 is 11.5 Å². The summed E-state index contributed by atoms with van der Waals surface area (Å²) in [6.45, 7) is 3.75. The molecule has 0 fully saturated rings. The summed E-state index contributed by atoms with van der Waals surface area (Å²) in [6, 6.07) is 11.7. The van der Waals surface area contributed by atoms with Gasteiger partial charge in [0.2, 0.25) is 5.91 Å². The Balaban J connectivity index is 1.31. The Hall–Kier alpha value is -3.65. The quantitative estimate of drug-likeness (QED) is 0.546. The van der Waals surface area contributed by atoms with Gasteiger partial charge in [-0.2, -0.15) is 5.10 Å². The van der Waals surface area contributed by atoms with Crippen molar-refractivity contribution in [2.24, 2.45) is 0 Å². The number of methoxy groups -OCH3 is 2. The molecule has 0 saturated heterocycles. The molecule has 1 amide bonds. The van der Waals surface area contributed by atoms with Crippen LogP contribution in [-0.2, 0) is 4.79 Å². The van der Waals surface area contributed by atoms with E-state index in [-0.39, 0.29) is 17.8 Å². The number of carbonyl (C=O) groups excluding carboxylic acids is 1. The molecule has 0 spiro atoms. The summed E-state index contributed by atoms with van der Waals surface area (Å²) < 4.78 is 25.5. The molecule has 178 valence electrons. The Bertz CT molecular complexity index is 1170. The zero-order chi connectivity index (χ0) is 24.1. The third-order valence-electron chi connectivity index (χ3n) is 5.99. The van der Waals surface area contributed by atoms with Crippen LogP contribution in [0.4, 0.5) is 4.39 Å². The fourth-order valence-corrected chi connectivity index (χ4v) is 4.04. The van der Waals surface area contributed by atoms with E-state index in [1.54, 1.807) is 31.0 Å². The van der Waals surface area contributed by atoms with E-state index >= 15 is 0 Å². The van der Waals surface area contributed by atoms with Gasteiger partial charge in [-0.1, -0.05) is 12.1 Å². The normalized spacial score (nSPS) is 14.9. The van der Waals surface area contributed by atoms with Gasteiger partial charge in [-0.15, -0.1) is 0 Å². The van der Waals surface area contributed by atoms with Crippen molar-refractivity contribution in [3.05, 3.63) is 77.9 Å². The SMILES string of the molecule is COc1ccc(C(C)NC(=O)CN2CC=C(c3cnn(-c4ccc(F)cc4)c3)CC2)cc1OC. The summed E-state index contributed by atoms with van der Waals surface area (Å²) >= 11 is 0. The lowest BCUT2D eigenvalue weighted by Crippen LogP contribution is -2.40. The standard InChI is InChI=1S/C26H29FN4O3/c1-18(20-4-9-24(33-2)25(14-20)34-3)29-26(32)17-30-12-10-19(11-13-30)21-15-28-31(16-21)23-7-5-22(27)6-8-23/h4-10,14-16,18H,11-13,17H2,1-3H3,(H,29,32). The lowest BCUT2D eigenvalue weighted by molar-refractivity contribution is -0.122. The largest absolute Gasteiger partial charge is 0.493 e. The number of amides is 1. The molecule has 1 aromatic heterocycles. The Morgan fingerprint density at radius 1 is 1.15 bits per heavy atom. The van der Waals surface area contributed by atoms with E-state index in [0.29, 0.717) is 24.6 Å². The molecule has 2 heterocycles. The Morgan fingerprint density at radius 3 is 2.59 bits per heavy atom. The first-order valence-corrected chi connectivity index (χ1v) is 11.2. The highest BCUT2D eigenvalue weighted by atomic mass is 19.1. The number of aromatic nitrogens is 2. The van der Waals surface area contributed by atoms with Gasteiger partial charge < -0.3 is 14.8 Å². The van der Waals surface area contributed by atoms with Crippen LogP contribution in [0.25, 0.3) is 11.3 Å². The van der Waals surface area contributed by atoms with Crippen LogP contribution in [0.3, 0.4) is 0 Å². The van der Waals surface area contributed by atoms with Crippen LogP contribution in [0.1, 0.15) is 30.5 Å². The molecule has 0 bridgehead atoms. The van der Waals surface area contributed by atoms with Gasteiger partial charge in [0.25, 0.3) is 0 Å². The van der Waals surface area contributed by atoms with Crippen LogP contribution < -0.4 is 14.8 Å². The van der Waals surface area contributed by atoms with Crippen LogP contribution in [-0.4, -0.2) is 54.4 Å². The molecule has 1 aliphatic heterocycles. The molecule has 8 heteroatoms. The number of carbonyl (C=O) groups is 1. The lowest BCUT2D eigenvalue weighted by atomic mass is 10.0. The van der Waals surface area contributed by atoms with Gasteiger partial charge in [0.1, 0.15) is 5.82 Å². The van der Waals surface area contributed by atoms with Crippen molar-refractivity contribution in [1.29, 1.82) is 0 Å². The van der Waals surface area contributed by atoms with Gasteiger partial charge in [-0.05, 0) is 60.9 Å². The summed E-state index contributed by atoms with van der Waals surface area (Å²) in [5.41, 5.74) is 4.00. The number of nitrogens with one attached hydrogen (secondary N) is 1. The highest BCUT2D eigenvalue weighted by molar-refractivity contribution is 5.79. The van der Waals surface area contributed by atoms with E-state index in [9.17, 15) is 9.18 Å². The molecule has 34 heavy (non-hydrogen) atoms. The zero-order valence-electron chi connectivity index (χ0n) is 19.6. The summed E-state index contributed by atoms with van der Waals surface area (Å²) in [5.74, 6) is 0.998. The van der Waals surface area contributed by atoms with Crippen molar-refractivity contribution < 1.29 is 18.7 Å². The Kier molecular flexibility index (Phi) is 7.27. The smallest absolute Gasteiger partial charge is 0.234 e. The van der Waals surface area contributed by atoms with Crippen molar-refractivity contribution in [1.82, 2.24) is 20.0 Å². The summed E-state index contributed by atoms with van der Waals surface area (Å²) in [4.78, 5) is 14.8. The molecule has 0 saturated carbocycles. The van der Waals surface area contributed by atoms with Crippen LogP contribution >= 0.6 is 0 Å². The van der Waals surface area contributed by atoms with E-state index in [2.05, 4.69) is 21.4 Å². The van der Waals surface area contributed by atoms with Crippen molar-refractivity contribution in [3.63, 3.8) is 0 Å². The average molecular weight is 465 g/mol. The van der Waals surface area contributed by atoms with Gasteiger partial charge in [-0.3, -0.25) is 9.69 Å². The lowest BCUT2D eigenvalue weighted by Gasteiger charge is -2.26. The molecule has 7 nitrogen and oxygen atoms in total. The van der Waals surface area contributed by atoms with Gasteiger partial charge in [-0.25, -0.2) is 9.07 Å². The van der Waals surface area contributed by atoms with E-state index in [1.807, 2.05) is 37.5 Å². The molecule has 0 radical (unpaired) electrons. The van der Waals surface area contributed by atoms with Gasteiger partial charge in [0.15, 0.2) is 11.5 Å². The third-order valence-corrected chi connectivity index (χ3v) is 5.99. The molecule has 2 aromatic carbocycles. The molecule has 4 rings (SSSR count). The van der Waals surface area contributed by atoms with Gasteiger partial charge >= 0.3 is 0 Å². The summed E-state index contributed by atoms with van der Waals surface area (Å²) in [7, 11) is 3.19. The van der Waals surface area contributed by atoms with E-state index in [0.717, 1.165) is 29.8 Å². The van der Waals surface area contributed by atoms with Crippen molar-refractivity contribution in [2.75, 3.05) is 33.9 Å². The highest BCUT2D eigenvalue weighted by Gasteiger charge is 2.19. The maximum atomic E-state index is 13.2. The van der Waals surface area contributed by atoms with Gasteiger partial charge in [0, 0.05) is 24.8 Å². The highest BCUT2D eigenvalue weighted by Crippen LogP contribution is 2.30. The minimum atomic E-state index is -0.270.